The fourth-order valence-electron chi connectivity index (χ4n) is 1.49. The highest BCUT2D eigenvalue weighted by Gasteiger charge is 2.34. The zero-order valence-electron chi connectivity index (χ0n) is 10.5. The Kier molecular flexibility index (Phi) is 5.64. The monoisotopic (exact) mass is 272 g/mol. The number of benzene rings is 1. The molecule has 0 heterocycles. The van der Waals surface area contributed by atoms with Crippen molar-refractivity contribution in [2.75, 3.05) is 19.7 Å². The molecule has 1 rings (SSSR count). The number of hydrogen-bond donors (Lipinski definition) is 1. The average molecular weight is 272 g/mol. The third-order valence-corrected chi connectivity index (χ3v) is 2.39. The van der Waals surface area contributed by atoms with Gasteiger partial charge in [0.15, 0.2) is 0 Å². The first-order chi connectivity index (χ1) is 8.99. The van der Waals surface area contributed by atoms with Crippen molar-refractivity contribution in [2.24, 2.45) is 0 Å². The smallest absolute Gasteiger partial charge is 0.417 e. The standard InChI is InChI=1S/C13H15F3N2O/c1-2-5-18-6-7-19-11-4-3-10(9-17)12(8-11)13(14,15)16/h3-4,8,18H,2,5-7H2,1H3. The first-order valence-corrected chi connectivity index (χ1v) is 5.94. The Morgan fingerprint density at radius 1 is 1.32 bits per heavy atom. The summed E-state index contributed by atoms with van der Waals surface area (Å²) in [5.74, 6) is 0.115. The first-order valence-electron chi connectivity index (χ1n) is 5.94. The predicted molar refractivity (Wildman–Crippen MR) is 64.8 cm³/mol. The van der Waals surface area contributed by atoms with E-state index in [1.54, 1.807) is 0 Å². The number of nitriles is 1. The van der Waals surface area contributed by atoms with Gasteiger partial charge in [0.25, 0.3) is 0 Å². The summed E-state index contributed by atoms with van der Waals surface area (Å²) in [5.41, 5.74) is -1.36. The molecule has 0 aliphatic carbocycles. The SMILES string of the molecule is CCCNCCOc1ccc(C#N)c(C(F)(F)F)c1. The molecular weight excluding hydrogens is 257 g/mol. The minimum Gasteiger partial charge on any atom is -0.492 e. The molecule has 0 spiro atoms. The van der Waals surface area contributed by atoms with E-state index in [1.165, 1.54) is 12.1 Å². The fourth-order valence-corrected chi connectivity index (χ4v) is 1.49. The van der Waals surface area contributed by atoms with E-state index >= 15 is 0 Å². The van der Waals surface area contributed by atoms with Gasteiger partial charge in [-0.3, -0.25) is 0 Å². The molecule has 0 bridgehead atoms. The van der Waals surface area contributed by atoms with Crippen LogP contribution in [0.2, 0.25) is 0 Å². The van der Waals surface area contributed by atoms with Gasteiger partial charge < -0.3 is 10.1 Å². The van der Waals surface area contributed by atoms with Crippen LogP contribution in [0.15, 0.2) is 18.2 Å². The van der Waals surface area contributed by atoms with Gasteiger partial charge in [0.1, 0.15) is 12.4 Å². The third-order valence-electron chi connectivity index (χ3n) is 2.39. The minimum atomic E-state index is -4.55. The zero-order chi connectivity index (χ0) is 14.3. The topological polar surface area (TPSA) is 45.0 Å². The van der Waals surface area contributed by atoms with Crippen molar-refractivity contribution in [2.45, 2.75) is 19.5 Å². The molecule has 1 aromatic carbocycles. The summed E-state index contributed by atoms with van der Waals surface area (Å²) >= 11 is 0. The molecule has 0 amide bonds. The van der Waals surface area contributed by atoms with Gasteiger partial charge in [-0.25, -0.2) is 0 Å². The highest BCUT2D eigenvalue weighted by molar-refractivity contribution is 5.44. The quantitative estimate of drug-likeness (QED) is 0.810. The predicted octanol–water partition coefficient (Wildman–Crippen LogP) is 2.96. The van der Waals surface area contributed by atoms with Gasteiger partial charge in [-0.15, -0.1) is 0 Å². The normalized spacial score (nSPS) is 11.1. The summed E-state index contributed by atoms with van der Waals surface area (Å²) in [4.78, 5) is 0. The van der Waals surface area contributed by atoms with E-state index in [0.717, 1.165) is 25.1 Å². The first kappa shape index (κ1) is 15.3. The van der Waals surface area contributed by atoms with Crippen LogP contribution in [-0.4, -0.2) is 19.7 Å². The lowest BCUT2D eigenvalue weighted by Crippen LogP contribution is -2.21. The van der Waals surface area contributed by atoms with Crippen LogP contribution < -0.4 is 10.1 Å². The maximum absolute atomic E-state index is 12.7. The van der Waals surface area contributed by atoms with Crippen molar-refractivity contribution in [3.8, 4) is 11.8 Å². The minimum absolute atomic E-state index is 0.115. The van der Waals surface area contributed by atoms with Crippen LogP contribution in [-0.2, 0) is 6.18 Å². The number of nitrogens with zero attached hydrogens (tertiary/aromatic N) is 1. The average Bonchev–Trinajstić information content (AvgIpc) is 2.37. The van der Waals surface area contributed by atoms with Gasteiger partial charge in [0, 0.05) is 6.54 Å². The molecule has 0 fully saturated rings. The van der Waals surface area contributed by atoms with Crippen molar-refractivity contribution in [1.82, 2.24) is 5.32 Å². The van der Waals surface area contributed by atoms with E-state index in [9.17, 15) is 13.2 Å². The summed E-state index contributed by atoms with van der Waals surface area (Å²) in [5, 5.41) is 11.7. The van der Waals surface area contributed by atoms with E-state index < -0.39 is 17.3 Å². The van der Waals surface area contributed by atoms with Crippen molar-refractivity contribution in [1.29, 1.82) is 5.26 Å². The number of nitrogens with one attached hydrogen (secondary N) is 1. The van der Waals surface area contributed by atoms with Crippen LogP contribution in [0.25, 0.3) is 0 Å². The van der Waals surface area contributed by atoms with Crippen molar-refractivity contribution in [3.05, 3.63) is 29.3 Å². The molecule has 0 aliphatic rings. The lowest BCUT2D eigenvalue weighted by molar-refractivity contribution is -0.137. The maximum atomic E-state index is 12.7. The Balaban J connectivity index is 2.69. The molecular formula is C13H15F3N2O. The summed E-state index contributed by atoms with van der Waals surface area (Å²) in [6.45, 7) is 3.70. The van der Waals surface area contributed by atoms with Crippen LogP contribution >= 0.6 is 0 Å². The summed E-state index contributed by atoms with van der Waals surface area (Å²) in [6.07, 6.45) is -3.57. The molecule has 0 saturated heterocycles. The Bertz CT molecular complexity index is 452. The number of alkyl halides is 3. The van der Waals surface area contributed by atoms with E-state index in [2.05, 4.69) is 5.32 Å². The van der Waals surface area contributed by atoms with Gasteiger partial charge in [-0.1, -0.05) is 6.92 Å². The fraction of sp³-hybridized carbons (Fsp3) is 0.462. The van der Waals surface area contributed by atoms with Crippen molar-refractivity contribution >= 4 is 0 Å². The lowest BCUT2D eigenvalue weighted by atomic mass is 10.1. The van der Waals surface area contributed by atoms with Crippen LogP contribution in [0.3, 0.4) is 0 Å². The number of rotatable bonds is 6. The van der Waals surface area contributed by atoms with Crippen molar-refractivity contribution < 1.29 is 17.9 Å². The van der Waals surface area contributed by atoms with E-state index in [1.807, 2.05) is 6.92 Å². The van der Waals surface area contributed by atoms with E-state index in [4.69, 9.17) is 10.00 Å². The Morgan fingerprint density at radius 3 is 2.63 bits per heavy atom. The molecule has 0 unspecified atom stereocenters. The van der Waals surface area contributed by atoms with Crippen LogP contribution in [0.1, 0.15) is 24.5 Å². The summed E-state index contributed by atoms with van der Waals surface area (Å²) in [7, 11) is 0. The molecule has 1 aromatic rings. The molecule has 0 atom stereocenters. The maximum Gasteiger partial charge on any atom is 0.417 e. The molecule has 0 aliphatic heterocycles. The number of hydrogen-bond acceptors (Lipinski definition) is 3. The lowest BCUT2D eigenvalue weighted by Gasteiger charge is -2.12. The number of ether oxygens (including phenoxy) is 1. The van der Waals surface area contributed by atoms with Crippen molar-refractivity contribution in [3.63, 3.8) is 0 Å². The summed E-state index contributed by atoms with van der Waals surface area (Å²) < 4.78 is 43.3. The second kappa shape index (κ2) is 7.00. The largest absolute Gasteiger partial charge is 0.492 e. The molecule has 0 radical (unpaired) electrons. The van der Waals surface area contributed by atoms with Gasteiger partial charge >= 0.3 is 6.18 Å². The van der Waals surface area contributed by atoms with Gasteiger partial charge in [-0.05, 0) is 31.2 Å². The van der Waals surface area contributed by atoms with Crippen LogP contribution in [0.4, 0.5) is 13.2 Å². The Morgan fingerprint density at radius 2 is 2.05 bits per heavy atom. The zero-order valence-corrected chi connectivity index (χ0v) is 10.5. The highest BCUT2D eigenvalue weighted by atomic mass is 19.4. The van der Waals surface area contributed by atoms with Gasteiger partial charge in [0.2, 0.25) is 0 Å². The molecule has 6 heteroatoms. The molecule has 0 saturated carbocycles. The Labute approximate surface area is 110 Å². The molecule has 0 aromatic heterocycles. The molecule has 3 nitrogen and oxygen atoms in total. The second-order valence-electron chi connectivity index (χ2n) is 3.92. The van der Waals surface area contributed by atoms with Crippen LogP contribution in [0.5, 0.6) is 5.75 Å². The van der Waals surface area contributed by atoms with Gasteiger partial charge in [-0.2, -0.15) is 18.4 Å². The Hall–Kier alpha value is -1.74. The second-order valence-corrected chi connectivity index (χ2v) is 3.92. The molecule has 19 heavy (non-hydrogen) atoms. The van der Waals surface area contributed by atoms with Gasteiger partial charge in [0.05, 0.1) is 17.2 Å². The number of halogens is 3. The van der Waals surface area contributed by atoms with E-state index in [-0.39, 0.29) is 12.4 Å². The molecule has 104 valence electrons. The molecule has 1 N–H and O–H groups in total. The third kappa shape index (κ3) is 4.79. The highest BCUT2D eigenvalue weighted by Crippen LogP contribution is 2.34. The van der Waals surface area contributed by atoms with E-state index in [0.29, 0.717) is 6.54 Å². The van der Waals surface area contributed by atoms with Crippen LogP contribution in [0, 0.1) is 11.3 Å². The summed E-state index contributed by atoms with van der Waals surface area (Å²) in [6, 6.07) is 4.88.